The Kier molecular flexibility index (Phi) is 3.12. The topological polar surface area (TPSA) is 30.0 Å². The lowest BCUT2D eigenvalue weighted by Crippen LogP contribution is -2.10. The van der Waals surface area contributed by atoms with Gasteiger partial charge in [0.1, 0.15) is 5.69 Å². The van der Waals surface area contributed by atoms with Crippen LogP contribution in [0.15, 0.2) is 12.3 Å². The number of rotatable bonds is 2. The van der Waals surface area contributed by atoms with Crippen LogP contribution in [0.5, 0.6) is 0 Å². The Hall–Kier alpha value is -1.39. The first-order chi connectivity index (χ1) is 6.86. The summed E-state index contributed by atoms with van der Waals surface area (Å²) in [5.41, 5.74) is -0.449. The average Bonchev–Trinajstić information content (AvgIpc) is 2.15. The molecule has 15 heavy (non-hydrogen) atoms. The molecule has 0 aromatic carbocycles. The van der Waals surface area contributed by atoms with E-state index in [0.717, 1.165) is 6.07 Å². The lowest BCUT2D eigenvalue weighted by Gasteiger charge is -2.08. The molecule has 1 heterocycles. The summed E-state index contributed by atoms with van der Waals surface area (Å²) in [5, 5.41) is 0. The number of ketones is 1. The van der Waals surface area contributed by atoms with Gasteiger partial charge < -0.3 is 0 Å². The van der Waals surface area contributed by atoms with E-state index in [1.807, 2.05) is 0 Å². The monoisotopic (exact) mass is 217 g/mol. The van der Waals surface area contributed by atoms with Crippen molar-refractivity contribution >= 4 is 5.78 Å². The van der Waals surface area contributed by atoms with E-state index in [9.17, 15) is 18.0 Å². The highest BCUT2D eigenvalue weighted by Crippen LogP contribution is 2.29. The maximum absolute atomic E-state index is 12.3. The van der Waals surface area contributed by atoms with Crippen molar-refractivity contribution in [2.75, 3.05) is 0 Å². The molecule has 0 fully saturated rings. The van der Waals surface area contributed by atoms with E-state index < -0.39 is 11.7 Å². The van der Waals surface area contributed by atoms with Gasteiger partial charge in [-0.05, 0) is 18.6 Å². The van der Waals surface area contributed by atoms with Crippen molar-refractivity contribution in [3.63, 3.8) is 0 Å². The first-order valence-corrected chi connectivity index (χ1v) is 4.43. The van der Waals surface area contributed by atoms with Gasteiger partial charge in [0.15, 0.2) is 5.78 Å². The maximum atomic E-state index is 12.3. The summed E-state index contributed by atoms with van der Waals surface area (Å²) < 4.78 is 36.8. The Morgan fingerprint density at radius 2 is 2.07 bits per heavy atom. The van der Waals surface area contributed by atoms with Crippen LogP contribution in [0.2, 0.25) is 0 Å². The second kappa shape index (κ2) is 4.00. The molecule has 1 aromatic heterocycles. The van der Waals surface area contributed by atoms with Crippen LogP contribution >= 0.6 is 0 Å². The minimum absolute atomic E-state index is 0.116. The molecule has 0 aliphatic heterocycles. The molecule has 0 unspecified atom stereocenters. The van der Waals surface area contributed by atoms with E-state index in [1.165, 1.54) is 6.92 Å². The molecular weight excluding hydrogens is 207 g/mol. The smallest absolute Gasteiger partial charge is 0.292 e. The number of hydrogen-bond acceptors (Lipinski definition) is 2. The van der Waals surface area contributed by atoms with E-state index in [2.05, 4.69) is 4.98 Å². The lowest BCUT2D eigenvalue weighted by molar-refractivity contribution is -0.137. The summed E-state index contributed by atoms with van der Waals surface area (Å²) in [6.45, 7) is 3.09. The number of Topliss-reactive ketones (excluding diaryl/α,β-unsaturated/α-hetero) is 1. The molecule has 0 spiro atoms. The summed E-state index contributed by atoms with van der Waals surface area (Å²) in [6.07, 6.45) is -3.49. The molecule has 0 saturated heterocycles. The highest BCUT2D eigenvalue weighted by molar-refractivity contribution is 5.95. The lowest BCUT2D eigenvalue weighted by atomic mass is 10.1. The van der Waals surface area contributed by atoms with Gasteiger partial charge in [0.25, 0.3) is 0 Å². The van der Waals surface area contributed by atoms with Crippen LogP contribution in [0.4, 0.5) is 13.2 Å². The van der Waals surface area contributed by atoms with Crippen LogP contribution in [0.25, 0.3) is 0 Å². The van der Waals surface area contributed by atoms with E-state index >= 15 is 0 Å². The normalized spacial score (nSPS) is 11.5. The third kappa shape index (κ3) is 2.55. The first-order valence-electron chi connectivity index (χ1n) is 4.43. The van der Waals surface area contributed by atoms with E-state index in [1.54, 1.807) is 6.92 Å². The third-order valence-corrected chi connectivity index (χ3v) is 1.99. The number of hydrogen-bond donors (Lipinski definition) is 0. The van der Waals surface area contributed by atoms with Crippen LogP contribution in [-0.2, 0) is 6.18 Å². The zero-order valence-corrected chi connectivity index (χ0v) is 8.35. The summed E-state index contributed by atoms with van der Waals surface area (Å²) in [5.74, 6) is -0.249. The summed E-state index contributed by atoms with van der Waals surface area (Å²) >= 11 is 0. The van der Waals surface area contributed by atoms with Gasteiger partial charge in [0.05, 0.1) is 5.56 Å². The number of alkyl halides is 3. The fourth-order valence-corrected chi connectivity index (χ4v) is 1.19. The van der Waals surface area contributed by atoms with Gasteiger partial charge in [-0.15, -0.1) is 0 Å². The van der Waals surface area contributed by atoms with Crippen LogP contribution < -0.4 is 0 Å². The van der Waals surface area contributed by atoms with Gasteiger partial charge in [-0.25, -0.2) is 0 Å². The van der Waals surface area contributed by atoms with Gasteiger partial charge in [-0.1, -0.05) is 6.92 Å². The van der Waals surface area contributed by atoms with E-state index in [0.29, 0.717) is 6.20 Å². The molecule has 0 saturated carbocycles. The summed E-state index contributed by atoms with van der Waals surface area (Å²) in [6, 6.07) is 0.940. The standard InChI is InChI=1S/C10H10F3NO/c1-3-8(15)9-6(2)4-7(5-14-9)10(11,12)13/h4-5H,3H2,1-2H3. The molecule has 0 radical (unpaired) electrons. The summed E-state index contributed by atoms with van der Waals surface area (Å²) in [7, 11) is 0. The number of carbonyl (C=O) groups is 1. The molecule has 82 valence electrons. The highest BCUT2D eigenvalue weighted by Gasteiger charge is 2.31. The molecule has 0 aliphatic carbocycles. The van der Waals surface area contributed by atoms with Gasteiger partial charge in [-0.2, -0.15) is 13.2 Å². The SMILES string of the molecule is CCC(=O)c1ncc(C(F)(F)F)cc1C. The Morgan fingerprint density at radius 1 is 1.47 bits per heavy atom. The average molecular weight is 217 g/mol. The number of carbonyl (C=O) groups excluding carboxylic acids is 1. The maximum Gasteiger partial charge on any atom is 0.417 e. The minimum atomic E-state index is -4.41. The van der Waals surface area contributed by atoms with Gasteiger partial charge in [0, 0.05) is 12.6 Å². The predicted molar refractivity (Wildman–Crippen MR) is 48.6 cm³/mol. The Labute approximate surface area is 85.1 Å². The third-order valence-electron chi connectivity index (χ3n) is 1.99. The molecule has 1 rings (SSSR count). The Morgan fingerprint density at radius 3 is 2.47 bits per heavy atom. The zero-order chi connectivity index (χ0) is 11.6. The van der Waals surface area contributed by atoms with Crippen molar-refractivity contribution in [3.8, 4) is 0 Å². The first kappa shape index (κ1) is 11.7. The quantitative estimate of drug-likeness (QED) is 0.713. The van der Waals surface area contributed by atoms with Gasteiger partial charge >= 0.3 is 6.18 Å². The second-order valence-electron chi connectivity index (χ2n) is 3.16. The molecular formula is C10H10F3NO. The number of pyridine rings is 1. The summed E-state index contributed by atoms with van der Waals surface area (Å²) in [4.78, 5) is 14.8. The van der Waals surface area contributed by atoms with Gasteiger partial charge in [-0.3, -0.25) is 9.78 Å². The van der Waals surface area contributed by atoms with Crippen LogP contribution in [-0.4, -0.2) is 10.8 Å². The minimum Gasteiger partial charge on any atom is -0.292 e. The number of nitrogens with zero attached hydrogens (tertiary/aromatic N) is 1. The van der Waals surface area contributed by atoms with Gasteiger partial charge in [0.2, 0.25) is 0 Å². The number of aryl methyl sites for hydroxylation is 1. The highest BCUT2D eigenvalue weighted by atomic mass is 19.4. The van der Waals surface area contributed by atoms with Crippen LogP contribution in [0, 0.1) is 6.92 Å². The van der Waals surface area contributed by atoms with Crippen molar-refractivity contribution in [1.29, 1.82) is 0 Å². The van der Waals surface area contributed by atoms with Crippen molar-refractivity contribution in [2.45, 2.75) is 26.4 Å². The van der Waals surface area contributed by atoms with Crippen molar-refractivity contribution in [3.05, 3.63) is 29.1 Å². The number of aromatic nitrogens is 1. The van der Waals surface area contributed by atoms with Crippen molar-refractivity contribution in [2.24, 2.45) is 0 Å². The Bertz CT molecular complexity index is 385. The largest absolute Gasteiger partial charge is 0.417 e. The fraction of sp³-hybridized carbons (Fsp3) is 0.400. The van der Waals surface area contributed by atoms with Crippen LogP contribution in [0.1, 0.15) is 35.0 Å². The van der Waals surface area contributed by atoms with Crippen molar-refractivity contribution in [1.82, 2.24) is 4.98 Å². The molecule has 0 bridgehead atoms. The fourth-order valence-electron chi connectivity index (χ4n) is 1.19. The molecule has 0 amide bonds. The predicted octanol–water partition coefficient (Wildman–Crippen LogP) is 3.00. The van der Waals surface area contributed by atoms with Crippen LogP contribution in [0.3, 0.4) is 0 Å². The Balaban J connectivity index is 3.15. The van der Waals surface area contributed by atoms with Crippen molar-refractivity contribution < 1.29 is 18.0 Å². The molecule has 0 N–H and O–H groups in total. The molecule has 0 aliphatic rings. The molecule has 5 heteroatoms. The second-order valence-corrected chi connectivity index (χ2v) is 3.16. The zero-order valence-electron chi connectivity index (χ0n) is 8.35. The molecule has 2 nitrogen and oxygen atoms in total. The van der Waals surface area contributed by atoms with E-state index in [4.69, 9.17) is 0 Å². The molecule has 1 aromatic rings. The van der Waals surface area contributed by atoms with E-state index in [-0.39, 0.29) is 23.5 Å². The number of halogens is 3. The molecule has 0 atom stereocenters.